The lowest BCUT2D eigenvalue weighted by atomic mass is 10.3. The van der Waals surface area contributed by atoms with Gasteiger partial charge in [-0.15, -0.1) is 0 Å². The molecule has 2 heterocycles. The quantitative estimate of drug-likeness (QED) is 0.459. The van der Waals surface area contributed by atoms with Crippen LogP contribution >= 0.6 is 0 Å². The lowest BCUT2D eigenvalue weighted by molar-refractivity contribution is 0.415. The summed E-state index contributed by atoms with van der Waals surface area (Å²) < 4.78 is 55.6. The number of anilines is 2. The number of oxazole rings is 1. The molecule has 0 aliphatic carbocycles. The number of furan rings is 1. The zero-order valence-corrected chi connectivity index (χ0v) is 15.9. The molecule has 0 fully saturated rings. The zero-order valence-electron chi connectivity index (χ0n) is 15.1. The van der Waals surface area contributed by atoms with Gasteiger partial charge in [-0.05, 0) is 48.5 Å². The lowest BCUT2D eigenvalue weighted by Crippen LogP contribution is -2.05. The van der Waals surface area contributed by atoms with E-state index in [1.165, 1.54) is 25.5 Å². The fraction of sp³-hybridized carbons (Fsp3) is 0.0500. The van der Waals surface area contributed by atoms with Crippen molar-refractivity contribution in [2.45, 2.75) is 9.92 Å². The van der Waals surface area contributed by atoms with E-state index < -0.39 is 15.7 Å². The summed E-state index contributed by atoms with van der Waals surface area (Å²) in [7, 11) is -2.58. The Labute approximate surface area is 165 Å². The van der Waals surface area contributed by atoms with Crippen LogP contribution in [-0.2, 0) is 9.84 Å². The van der Waals surface area contributed by atoms with Crippen LogP contribution in [0.4, 0.5) is 16.0 Å². The number of halogens is 1. The number of hydrogen-bond acceptors (Lipinski definition) is 7. The van der Waals surface area contributed by atoms with Crippen LogP contribution in [0.3, 0.4) is 0 Å². The van der Waals surface area contributed by atoms with Gasteiger partial charge in [0.25, 0.3) is 5.89 Å². The van der Waals surface area contributed by atoms with Crippen LogP contribution in [0.25, 0.3) is 11.7 Å². The second kappa shape index (κ2) is 7.44. The van der Waals surface area contributed by atoms with E-state index in [1.807, 2.05) is 0 Å². The molecule has 0 saturated heterocycles. The van der Waals surface area contributed by atoms with Crippen LogP contribution in [-0.4, -0.2) is 20.5 Å². The Kier molecular flexibility index (Phi) is 4.81. The van der Waals surface area contributed by atoms with Gasteiger partial charge in [0.15, 0.2) is 5.76 Å². The molecule has 1 N–H and O–H groups in total. The maximum atomic E-state index is 13.2. The molecule has 29 heavy (non-hydrogen) atoms. The summed E-state index contributed by atoms with van der Waals surface area (Å²) in [5.41, 5.74) is 0.530. The van der Waals surface area contributed by atoms with Crippen molar-refractivity contribution in [1.29, 1.82) is 0 Å². The van der Waals surface area contributed by atoms with Crippen molar-refractivity contribution in [1.82, 2.24) is 4.98 Å². The SMILES string of the molecule is COc1cccc(Nc2oc(-c3ccco3)nc2S(=O)(=O)c2ccc(F)cc2)c1. The molecule has 0 saturated carbocycles. The fourth-order valence-corrected chi connectivity index (χ4v) is 3.89. The average molecular weight is 414 g/mol. The number of benzene rings is 2. The van der Waals surface area contributed by atoms with E-state index in [1.54, 1.807) is 36.4 Å². The minimum Gasteiger partial charge on any atom is -0.497 e. The van der Waals surface area contributed by atoms with E-state index in [4.69, 9.17) is 13.6 Å². The van der Waals surface area contributed by atoms with Gasteiger partial charge in [-0.1, -0.05) is 6.07 Å². The second-order valence-corrected chi connectivity index (χ2v) is 7.81. The summed E-state index contributed by atoms with van der Waals surface area (Å²) >= 11 is 0. The van der Waals surface area contributed by atoms with Crippen molar-refractivity contribution >= 4 is 21.4 Å². The summed E-state index contributed by atoms with van der Waals surface area (Å²) in [6.07, 6.45) is 1.42. The highest BCUT2D eigenvalue weighted by atomic mass is 32.2. The molecule has 2 aromatic heterocycles. The third-order valence-corrected chi connectivity index (χ3v) is 5.71. The van der Waals surface area contributed by atoms with Gasteiger partial charge in [-0.25, -0.2) is 12.8 Å². The Hall–Kier alpha value is -3.59. The number of methoxy groups -OCH3 is 1. The van der Waals surface area contributed by atoms with E-state index in [0.29, 0.717) is 11.4 Å². The Morgan fingerprint density at radius 3 is 2.55 bits per heavy atom. The van der Waals surface area contributed by atoms with Crippen LogP contribution in [0.15, 0.2) is 85.7 Å². The van der Waals surface area contributed by atoms with Gasteiger partial charge in [-0.2, -0.15) is 4.98 Å². The molecule has 4 rings (SSSR count). The molecule has 7 nitrogen and oxygen atoms in total. The third kappa shape index (κ3) is 3.72. The standard InChI is InChI=1S/C20H15FN2O5S/c1-26-15-5-2-4-14(12-15)22-19-20(23-18(28-19)17-6-3-11-27-17)29(24,25)16-9-7-13(21)8-10-16/h2-12,22H,1H3. The van der Waals surface area contributed by atoms with Crippen LogP contribution in [0.1, 0.15) is 0 Å². The Morgan fingerprint density at radius 2 is 1.86 bits per heavy atom. The summed E-state index contributed by atoms with van der Waals surface area (Å²) in [5, 5.41) is 2.56. The van der Waals surface area contributed by atoms with E-state index in [9.17, 15) is 12.8 Å². The number of nitrogens with one attached hydrogen (secondary N) is 1. The monoisotopic (exact) mass is 414 g/mol. The predicted molar refractivity (Wildman–Crippen MR) is 102 cm³/mol. The van der Waals surface area contributed by atoms with Crippen LogP contribution < -0.4 is 10.1 Å². The van der Waals surface area contributed by atoms with Crippen molar-refractivity contribution < 1.29 is 26.4 Å². The predicted octanol–water partition coefficient (Wildman–Crippen LogP) is 4.66. The summed E-state index contributed by atoms with van der Waals surface area (Å²) in [4.78, 5) is 4.01. The first-order valence-electron chi connectivity index (χ1n) is 8.44. The molecular weight excluding hydrogens is 399 g/mol. The number of rotatable bonds is 6. The van der Waals surface area contributed by atoms with E-state index in [0.717, 1.165) is 12.1 Å². The third-order valence-electron chi connectivity index (χ3n) is 4.03. The molecule has 0 unspecified atom stereocenters. The second-order valence-electron chi connectivity index (χ2n) is 5.94. The first kappa shape index (κ1) is 18.8. The Bertz CT molecular complexity index is 1230. The fourth-order valence-electron chi connectivity index (χ4n) is 2.63. The van der Waals surface area contributed by atoms with Crippen molar-refractivity contribution in [2.24, 2.45) is 0 Å². The maximum absolute atomic E-state index is 13.2. The molecule has 4 aromatic rings. The van der Waals surface area contributed by atoms with Gasteiger partial charge in [0.05, 0.1) is 18.3 Å². The normalized spacial score (nSPS) is 11.4. The topological polar surface area (TPSA) is 94.6 Å². The molecule has 0 bridgehead atoms. The van der Waals surface area contributed by atoms with E-state index >= 15 is 0 Å². The largest absolute Gasteiger partial charge is 0.497 e. The lowest BCUT2D eigenvalue weighted by Gasteiger charge is -2.07. The van der Waals surface area contributed by atoms with Crippen LogP contribution in [0, 0.1) is 5.82 Å². The minimum absolute atomic E-state index is 0.0129. The molecule has 0 amide bonds. The van der Waals surface area contributed by atoms with Crippen molar-refractivity contribution in [3.63, 3.8) is 0 Å². The number of ether oxygens (including phenoxy) is 1. The van der Waals surface area contributed by atoms with Gasteiger partial charge in [0, 0.05) is 11.8 Å². The average Bonchev–Trinajstić information content (AvgIpc) is 3.38. The number of sulfone groups is 1. The maximum Gasteiger partial charge on any atom is 0.266 e. The van der Waals surface area contributed by atoms with Gasteiger partial charge in [0.2, 0.25) is 20.7 Å². The van der Waals surface area contributed by atoms with Crippen molar-refractivity contribution in [3.05, 3.63) is 72.7 Å². The van der Waals surface area contributed by atoms with Crippen molar-refractivity contribution in [3.8, 4) is 17.4 Å². The Balaban J connectivity index is 1.82. The Morgan fingerprint density at radius 1 is 1.07 bits per heavy atom. The molecule has 148 valence electrons. The molecular formula is C20H15FN2O5S. The van der Waals surface area contributed by atoms with Gasteiger partial charge < -0.3 is 18.9 Å². The molecule has 0 atom stereocenters. The highest BCUT2D eigenvalue weighted by Crippen LogP contribution is 2.34. The van der Waals surface area contributed by atoms with Gasteiger partial charge in [-0.3, -0.25) is 0 Å². The molecule has 0 spiro atoms. The summed E-state index contributed by atoms with van der Waals surface area (Å²) in [5.74, 6) is 0.174. The zero-order chi connectivity index (χ0) is 20.4. The highest BCUT2D eigenvalue weighted by Gasteiger charge is 2.29. The number of aromatic nitrogens is 1. The highest BCUT2D eigenvalue weighted by molar-refractivity contribution is 7.91. The number of hydrogen-bond donors (Lipinski definition) is 1. The molecule has 0 aliphatic rings. The summed E-state index contributed by atoms with van der Waals surface area (Å²) in [6, 6.07) is 14.6. The van der Waals surface area contributed by atoms with Crippen molar-refractivity contribution in [2.75, 3.05) is 12.4 Å². The molecule has 9 heteroatoms. The first-order valence-corrected chi connectivity index (χ1v) is 9.92. The van der Waals surface area contributed by atoms with Gasteiger partial charge in [0.1, 0.15) is 11.6 Å². The van der Waals surface area contributed by atoms with E-state index in [2.05, 4.69) is 10.3 Å². The molecule has 2 aromatic carbocycles. The molecule has 0 aliphatic heterocycles. The van der Waals surface area contributed by atoms with Crippen LogP contribution in [0.2, 0.25) is 0 Å². The molecule has 0 radical (unpaired) electrons. The van der Waals surface area contributed by atoms with Gasteiger partial charge >= 0.3 is 0 Å². The summed E-state index contributed by atoms with van der Waals surface area (Å²) in [6.45, 7) is 0. The minimum atomic E-state index is -4.10. The van der Waals surface area contributed by atoms with Crippen LogP contribution in [0.5, 0.6) is 5.75 Å². The van der Waals surface area contributed by atoms with E-state index in [-0.39, 0.29) is 27.5 Å². The number of nitrogens with zero attached hydrogens (tertiary/aromatic N) is 1. The smallest absolute Gasteiger partial charge is 0.266 e. The first-order chi connectivity index (χ1) is 14.0.